The molecule has 0 aromatic heterocycles. The molecule has 0 aliphatic carbocycles. The Kier molecular flexibility index (Phi) is 17.3. The highest BCUT2D eigenvalue weighted by Crippen LogP contribution is 2.21. The van der Waals surface area contributed by atoms with Crippen LogP contribution in [-0.4, -0.2) is 10.2 Å². The quantitative estimate of drug-likeness (QED) is 0.604. The molecule has 0 saturated carbocycles. The van der Waals surface area contributed by atoms with Crippen LogP contribution in [0, 0.1) is 6.92 Å². The second-order valence-corrected chi connectivity index (χ2v) is 5.34. The second kappa shape index (κ2) is 15.6. The lowest BCUT2D eigenvalue weighted by Gasteiger charge is -2.07. The van der Waals surface area contributed by atoms with Gasteiger partial charge in [0.05, 0.1) is 0 Å². The van der Waals surface area contributed by atoms with Crippen molar-refractivity contribution in [2.45, 2.75) is 75.2 Å². The minimum Gasteiger partial charge on any atom is -0.508 e. The van der Waals surface area contributed by atoms with Crippen molar-refractivity contribution in [1.82, 2.24) is 0 Å². The zero-order valence-electron chi connectivity index (χ0n) is 15.4. The van der Waals surface area contributed by atoms with Gasteiger partial charge < -0.3 is 10.2 Å². The van der Waals surface area contributed by atoms with Crippen LogP contribution < -0.4 is 0 Å². The molecule has 25 heavy (non-hydrogen) atoms. The van der Waals surface area contributed by atoms with Crippen LogP contribution in [0.2, 0.25) is 0 Å². The van der Waals surface area contributed by atoms with Crippen LogP contribution in [0.5, 0.6) is 11.5 Å². The average Bonchev–Trinajstić information content (AvgIpc) is 2.59. The molecule has 1 unspecified atom stereocenters. The molecule has 1 atom stereocenters. The van der Waals surface area contributed by atoms with Gasteiger partial charge in [-0.1, -0.05) is 79.8 Å². The number of benzene rings is 2. The molecule has 2 heteroatoms. The van der Waals surface area contributed by atoms with Crippen LogP contribution in [-0.2, 0) is 6.42 Å². The third-order valence-corrected chi connectivity index (χ3v) is 3.78. The van der Waals surface area contributed by atoms with E-state index < -0.39 is 0 Å². The predicted octanol–water partition coefficient (Wildman–Crippen LogP) is 7.47. The van der Waals surface area contributed by atoms with Gasteiger partial charge in [-0.05, 0) is 54.5 Å². The lowest BCUT2D eigenvalue weighted by atomic mass is 9.99. The van der Waals surface area contributed by atoms with Crippen LogP contribution in [0.25, 0.3) is 0 Å². The number of phenolic OH excluding ortho intramolecular Hbond substituents is 2. The summed E-state index contributed by atoms with van der Waals surface area (Å²) in [4.78, 5) is 0. The summed E-state index contributed by atoms with van der Waals surface area (Å²) in [5.41, 5.74) is 3.28. The van der Waals surface area contributed by atoms with Crippen molar-refractivity contribution >= 4 is 0 Å². The number of rotatable bonds is 3. The lowest BCUT2D eigenvalue weighted by Crippen LogP contribution is -1.89. The summed E-state index contributed by atoms with van der Waals surface area (Å²) in [7, 11) is 0. The molecule has 0 saturated heterocycles. The summed E-state index contributed by atoms with van der Waals surface area (Å²) in [6, 6.07) is 13.3. The minimum absolute atomic E-state index is 0. The van der Waals surface area contributed by atoms with Gasteiger partial charge in [0.15, 0.2) is 0 Å². The van der Waals surface area contributed by atoms with Crippen molar-refractivity contribution in [1.29, 1.82) is 0 Å². The summed E-state index contributed by atoms with van der Waals surface area (Å²) < 4.78 is 0. The van der Waals surface area contributed by atoms with Crippen LogP contribution in [0.1, 0.15) is 78.5 Å². The first kappa shape index (κ1) is 27.9. The zero-order chi connectivity index (χ0) is 17.8. The third-order valence-electron chi connectivity index (χ3n) is 3.78. The Morgan fingerprint density at radius 1 is 0.880 bits per heavy atom. The summed E-state index contributed by atoms with van der Waals surface area (Å²) in [5.74, 6) is 1.39. The topological polar surface area (TPSA) is 40.5 Å². The number of aryl methyl sites for hydroxylation is 2. The molecule has 2 nitrogen and oxygen atoms in total. The molecule has 0 aliphatic rings. The van der Waals surface area contributed by atoms with Crippen LogP contribution in [0.4, 0.5) is 0 Å². The van der Waals surface area contributed by atoms with E-state index in [2.05, 4.69) is 13.8 Å². The Bertz CT molecular complexity index is 545. The van der Waals surface area contributed by atoms with E-state index in [0.717, 1.165) is 24.0 Å². The van der Waals surface area contributed by atoms with Crippen LogP contribution in [0.15, 0.2) is 42.5 Å². The van der Waals surface area contributed by atoms with E-state index in [1.54, 1.807) is 12.1 Å². The van der Waals surface area contributed by atoms with Gasteiger partial charge in [0.25, 0.3) is 0 Å². The Morgan fingerprint density at radius 2 is 1.40 bits per heavy atom. The van der Waals surface area contributed by atoms with Crippen molar-refractivity contribution in [3.63, 3.8) is 0 Å². The number of aromatic hydroxyl groups is 2. The Balaban J connectivity index is -0.000000329. The number of para-hydroxylation sites is 1. The molecule has 0 fully saturated rings. The minimum atomic E-state index is 0. The Labute approximate surface area is 156 Å². The van der Waals surface area contributed by atoms with E-state index in [1.165, 1.54) is 5.56 Å². The number of phenols is 2. The van der Waals surface area contributed by atoms with Gasteiger partial charge in [0, 0.05) is 0 Å². The molecule has 0 heterocycles. The van der Waals surface area contributed by atoms with E-state index >= 15 is 0 Å². The van der Waals surface area contributed by atoms with Gasteiger partial charge in [-0.15, -0.1) is 0 Å². The van der Waals surface area contributed by atoms with E-state index in [9.17, 15) is 5.11 Å². The molecule has 144 valence electrons. The molecule has 2 rings (SSSR count). The highest BCUT2D eigenvalue weighted by molar-refractivity contribution is 5.39. The smallest absolute Gasteiger partial charge is 0.121 e. The fourth-order valence-electron chi connectivity index (χ4n) is 2.04. The van der Waals surface area contributed by atoms with Crippen molar-refractivity contribution in [3.8, 4) is 11.5 Å². The largest absolute Gasteiger partial charge is 0.508 e. The first-order valence-electron chi connectivity index (χ1n) is 8.55. The maximum Gasteiger partial charge on any atom is 0.121 e. The van der Waals surface area contributed by atoms with E-state index in [1.807, 2.05) is 58.0 Å². The van der Waals surface area contributed by atoms with E-state index in [0.29, 0.717) is 17.4 Å². The SMILES string of the molecule is C.C.CC.CCC(C)c1ccc(O)cc1.CCc1cccc(C)c1O. The van der Waals surface area contributed by atoms with Gasteiger partial charge in [-0.3, -0.25) is 0 Å². The Morgan fingerprint density at radius 3 is 1.80 bits per heavy atom. The monoisotopic (exact) mass is 348 g/mol. The maximum atomic E-state index is 9.40. The average molecular weight is 349 g/mol. The van der Waals surface area contributed by atoms with Gasteiger partial charge in [0.1, 0.15) is 11.5 Å². The number of hydrogen-bond acceptors (Lipinski definition) is 2. The molecule has 0 bridgehead atoms. The summed E-state index contributed by atoms with van der Waals surface area (Å²) in [6.07, 6.45) is 2.04. The molecular weight excluding hydrogens is 308 g/mol. The fraction of sp³-hybridized carbons (Fsp3) is 0.478. The van der Waals surface area contributed by atoms with Crippen molar-refractivity contribution in [2.75, 3.05) is 0 Å². The fourth-order valence-corrected chi connectivity index (χ4v) is 2.04. The first-order chi connectivity index (χ1) is 11.0. The molecule has 2 aromatic carbocycles. The van der Waals surface area contributed by atoms with Gasteiger partial charge in [-0.2, -0.15) is 0 Å². The van der Waals surface area contributed by atoms with Gasteiger partial charge >= 0.3 is 0 Å². The molecular formula is C23H40O2. The molecule has 0 amide bonds. The summed E-state index contributed by atoms with van der Waals surface area (Å²) >= 11 is 0. The highest BCUT2D eigenvalue weighted by Gasteiger charge is 2.01. The Hall–Kier alpha value is -1.96. The second-order valence-electron chi connectivity index (χ2n) is 5.34. The first-order valence-corrected chi connectivity index (χ1v) is 8.55. The molecule has 2 aromatic rings. The van der Waals surface area contributed by atoms with Crippen molar-refractivity contribution < 1.29 is 10.2 Å². The molecule has 0 aliphatic heterocycles. The normalized spacial score (nSPS) is 9.84. The molecule has 0 radical (unpaired) electrons. The lowest BCUT2D eigenvalue weighted by molar-refractivity contribution is 0.464. The maximum absolute atomic E-state index is 9.40. The van der Waals surface area contributed by atoms with E-state index in [-0.39, 0.29) is 14.9 Å². The number of hydrogen-bond donors (Lipinski definition) is 2. The third kappa shape index (κ3) is 9.81. The molecule has 0 spiro atoms. The summed E-state index contributed by atoms with van der Waals surface area (Å²) in [5, 5.41) is 18.4. The summed E-state index contributed by atoms with van der Waals surface area (Å²) in [6.45, 7) is 12.3. The van der Waals surface area contributed by atoms with Crippen LogP contribution >= 0.6 is 0 Å². The zero-order valence-corrected chi connectivity index (χ0v) is 15.4. The van der Waals surface area contributed by atoms with Crippen molar-refractivity contribution in [3.05, 3.63) is 59.2 Å². The highest BCUT2D eigenvalue weighted by atomic mass is 16.3. The van der Waals surface area contributed by atoms with E-state index in [4.69, 9.17) is 5.11 Å². The predicted molar refractivity (Wildman–Crippen MR) is 114 cm³/mol. The van der Waals surface area contributed by atoms with Gasteiger partial charge in [-0.25, -0.2) is 0 Å². The standard InChI is InChI=1S/C10H14O.C9H12O.C2H6.2CH4/c1-3-8(2)9-4-6-10(11)7-5-9;1-3-8-6-4-5-7(2)9(8)10;1-2;;/h4-8,11H,3H2,1-2H3;4-6,10H,3H2,1-2H3;1-2H3;2*1H4. The van der Waals surface area contributed by atoms with Crippen molar-refractivity contribution in [2.24, 2.45) is 0 Å². The van der Waals surface area contributed by atoms with Gasteiger partial charge in [0.2, 0.25) is 0 Å². The van der Waals surface area contributed by atoms with Crippen LogP contribution in [0.3, 0.4) is 0 Å². The molecule has 2 N–H and O–H groups in total.